The summed E-state index contributed by atoms with van der Waals surface area (Å²) in [6.45, 7) is 4.82. The molecule has 1 N–H and O–H groups in total. The fourth-order valence-electron chi connectivity index (χ4n) is 3.85. The van der Waals surface area contributed by atoms with Gasteiger partial charge >= 0.3 is 0 Å². The maximum absolute atomic E-state index is 10.3. The van der Waals surface area contributed by atoms with Crippen molar-refractivity contribution in [3.05, 3.63) is 125 Å². The molecular weight excluding hydrogens is 397 g/mol. The molecule has 0 aromatic heterocycles. The molecule has 4 rings (SSSR count). The zero-order chi connectivity index (χ0) is 21.5. The molecule has 4 aromatic carbocycles. The van der Waals surface area contributed by atoms with E-state index in [-0.39, 0.29) is 0 Å². The van der Waals surface area contributed by atoms with Gasteiger partial charge < -0.3 is 5.11 Å². The van der Waals surface area contributed by atoms with Crippen molar-refractivity contribution in [2.75, 3.05) is 0 Å². The zero-order valence-electron chi connectivity index (χ0n) is 17.8. The number of benzene rings is 4. The summed E-state index contributed by atoms with van der Waals surface area (Å²) in [5.41, 5.74) is 5.23. The Morgan fingerprint density at radius 2 is 1.23 bits per heavy atom. The Kier molecular flexibility index (Phi) is 7.14. The zero-order valence-corrected chi connectivity index (χ0v) is 18.8. The van der Waals surface area contributed by atoms with Crippen LogP contribution in [0.15, 0.2) is 103 Å². The van der Waals surface area contributed by atoms with E-state index in [0.717, 1.165) is 24.9 Å². The van der Waals surface area contributed by atoms with Gasteiger partial charge in [0.1, 0.15) is 5.75 Å². The first kappa shape index (κ1) is 21.3. The first-order chi connectivity index (χ1) is 15.2. The fraction of sp³-hybridized carbons (Fsp3) is 0.143. The Labute approximate surface area is 187 Å². The van der Waals surface area contributed by atoms with Crippen LogP contribution in [0.4, 0.5) is 0 Å². The average molecular weight is 426 g/mol. The van der Waals surface area contributed by atoms with Crippen LogP contribution < -0.4 is 10.6 Å². The van der Waals surface area contributed by atoms with E-state index in [1.165, 1.54) is 27.6 Å². The molecule has 31 heavy (non-hydrogen) atoms. The summed E-state index contributed by atoms with van der Waals surface area (Å²) >= 11 is 0. The van der Waals surface area contributed by atoms with Crippen molar-refractivity contribution in [1.29, 1.82) is 0 Å². The number of rotatable bonds is 8. The topological polar surface area (TPSA) is 23.5 Å². The van der Waals surface area contributed by atoms with Crippen LogP contribution in [0.1, 0.15) is 22.3 Å². The standard InChI is InChI=1S/C28H28NOP/c1-22-11-10-16-25(28(22)31-27-18-9-8-17-26(27)30)21-29(19-23-12-4-2-5-13-23)20-24-14-6-3-7-15-24/h2-18,30-31H,19-21H2,1H3. The Morgan fingerprint density at radius 3 is 1.84 bits per heavy atom. The van der Waals surface area contributed by atoms with E-state index >= 15 is 0 Å². The highest BCUT2D eigenvalue weighted by Gasteiger charge is 2.14. The second kappa shape index (κ2) is 10.4. The van der Waals surface area contributed by atoms with Crippen LogP contribution in [0.5, 0.6) is 5.75 Å². The number of aromatic hydroxyl groups is 1. The highest BCUT2D eigenvalue weighted by molar-refractivity contribution is 7.56. The van der Waals surface area contributed by atoms with Gasteiger partial charge in [0.05, 0.1) is 0 Å². The van der Waals surface area contributed by atoms with Crippen molar-refractivity contribution in [2.24, 2.45) is 0 Å². The molecule has 156 valence electrons. The van der Waals surface area contributed by atoms with E-state index in [1.54, 1.807) is 6.07 Å². The van der Waals surface area contributed by atoms with Crippen molar-refractivity contribution < 1.29 is 5.11 Å². The molecule has 2 nitrogen and oxygen atoms in total. The van der Waals surface area contributed by atoms with Crippen LogP contribution in [0, 0.1) is 6.92 Å². The van der Waals surface area contributed by atoms with Crippen LogP contribution in [0.25, 0.3) is 0 Å². The molecule has 0 fully saturated rings. The Morgan fingerprint density at radius 1 is 0.645 bits per heavy atom. The molecule has 0 aliphatic carbocycles. The summed E-state index contributed by atoms with van der Waals surface area (Å²) in [4.78, 5) is 2.50. The summed E-state index contributed by atoms with van der Waals surface area (Å²) in [6.07, 6.45) is 0. The summed E-state index contributed by atoms with van der Waals surface area (Å²) in [5.74, 6) is 0.375. The number of phenols is 1. The third-order valence-electron chi connectivity index (χ3n) is 5.41. The molecule has 0 bridgehead atoms. The van der Waals surface area contributed by atoms with Crippen molar-refractivity contribution in [1.82, 2.24) is 4.90 Å². The number of nitrogens with zero attached hydrogens (tertiary/aromatic N) is 1. The lowest BCUT2D eigenvalue weighted by atomic mass is 10.1. The van der Waals surface area contributed by atoms with Gasteiger partial charge in [-0.1, -0.05) is 106 Å². The number of aryl methyl sites for hydroxylation is 1. The maximum Gasteiger partial charge on any atom is 0.123 e. The minimum Gasteiger partial charge on any atom is -0.507 e. The molecule has 0 spiro atoms. The molecule has 1 atom stereocenters. The smallest absolute Gasteiger partial charge is 0.123 e. The predicted molar refractivity (Wildman–Crippen MR) is 133 cm³/mol. The SMILES string of the molecule is Cc1cccc(CN(Cc2ccccc2)Cc2ccccc2)c1Pc1ccccc1O. The first-order valence-corrected chi connectivity index (χ1v) is 11.6. The molecule has 0 aliphatic rings. The Bertz CT molecular complexity index is 1070. The molecule has 0 aliphatic heterocycles. The van der Waals surface area contributed by atoms with Gasteiger partial charge in [0.25, 0.3) is 0 Å². The van der Waals surface area contributed by atoms with E-state index in [4.69, 9.17) is 0 Å². The molecule has 0 amide bonds. The normalized spacial score (nSPS) is 11.4. The van der Waals surface area contributed by atoms with Crippen molar-refractivity contribution in [2.45, 2.75) is 26.6 Å². The van der Waals surface area contributed by atoms with Gasteiger partial charge in [0.15, 0.2) is 0 Å². The van der Waals surface area contributed by atoms with Crippen molar-refractivity contribution in [3.63, 3.8) is 0 Å². The Hall–Kier alpha value is -2.93. The second-order valence-corrected chi connectivity index (χ2v) is 9.16. The third kappa shape index (κ3) is 5.82. The molecule has 1 unspecified atom stereocenters. The highest BCUT2D eigenvalue weighted by atomic mass is 31.1. The van der Waals surface area contributed by atoms with E-state index in [0.29, 0.717) is 14.3 Å². The number of para-hydroxylation sites is 1. The minimum atomic E-state index is 0.375. The van der Waals surface area contributed by atoms with E-state index < -0.39 is 0 Å². The summed E-state index contributed by atoms with van der Waals surface area (Å²) in [6, 6.07) is 35.6. The summed E-state index contributed by atoms with van der Waals surface area (Å²) in [5, 5.41) is 12.6. The third-order valence-corrected chi connectivity index (χ3v) is 7.07. The van der Waals surface area contributed by atoms with Gasteiger partial charge in [-0.15, -0.1) is 0 Å². The quantitative estimate of drug-likeness (QED) is 0.375. The van der Waals surface area contributed by atoms with Crippen LogP contribution in [0.3, 0.4) is 0 Å². The number of hydrogen-bond acceptors (Lipinski definition) is 2. The number of hydrogen-bond donors (Lipinski definition) is 1. The molecule has 3 heteroatoms. The monoisotopic (exact) mass is 425 g/mol. The van der Waals surface area contributed by atoms with Crippen molar-refractivity contribution >= 4 is 19.2 Å². The summed E-state index contributed by atoms with van der Waals surface area (Å²) < 4.78 is 0. The summed E-state index contributed by atoms with van der Waals surface area (Å²) in [7, 11) is 0.432. The molecular formula is C28H28NOP. The van der Waals surface area contributed by atoms with E-state index in [1.807, 2.05) is 18.2 Å². The molecule has 4 aromatic rings. The van der Waals surface area contributed by atoms with Crippen LogP contribution in [-0.2, 0) is 19.6 Å². The fourth-order valence-corrected chi connectivity index (χ4v) is 5.11. The van der Waals surface area contributed by atoms with Gasteiger partial charge in [-0.05, 0) is 40.5 Å². The molecule has 0 radical (unpaired) electrons. The van der Waals surface area contributed by atoms with Gasteiger partial charge in [-0.3, -0.25) is 4.90 Å². The van der Waals surface area contributed by atoms with Crippen LogP contribution >= 0.6 is 8.58 Å². The lowest BCUT2D eigenvalue weighted by Crippen LogP contribution is -2.26. The predicted octanol–water partition coefficient (Wildman–Crippen LogP) is 5.53. The Balaban J connectivity index is 1.63. The largest absolute Gasteiger partial charge is 0.507 e. The molecule has 0 saturated carbocycles. The average Bonchev–Trinajstić information content (AvgIpc) is 2.79. The van der Waals surface area contributed by atoms with Crippen molar-refractivity contribution in [3.8, 4) is 5.75 Å². The van der Waals surface area contributed by atoms with Gasteiger partial charge in [-0.25, -0.2) is 0 Å². The van der Waals surface area contributed by atoms with E-state index in [9.17, 15) is 5.11 Å². The first-order valence-electron chi connectivity index (χ1n) is 10.6. The molecule has 0 heterocycles. The van der Waals surface area contributed by atoms with Crippen LogP contribution in [-0.4, -0.2) is 10.0 Å². The lowest BCUT2D eigenvalue weighted by molar-refractivity contribution is 0.248. The van der Waals surface area contributed by atoms with Gasteiger partial charge in [0, 0.05) is 24.9 Å². The highest BCUT2D eigenvalue weighted by Crippen LogP contribution is 2.23. The minimum absolute atomic E-state index is 0.375. The van der Waals surface area contributed by atoms with Gasteiger partial charge in [-0.2, -0.15) is 0 Å². The van der Waals surface area contributed by atoms with Crippen LogP contribution in [0.2, 0.25) is 0 Å². The maximum atomic E-state index is 10.3. The molecule has 0 saturated heterocycles. The lowest BCUT2D eigenvalue weighted by Gasteiger charge is -2.25. The van der Waals surface area contributed by atoms with E-state index in [2.05, 4.69) is 90.7 Å². The number of phenolic OH excluding ortho intramolecular Hbond substituents is 1. The second-order valence-electron chi connectivity index (χ2n) is 7.87. The van der Waals surface area contributed by atoms with Gasteiger partial charge in [0.2, 0.25) is 0 Å².